The van der Waals surface area contributed by atoms with E-state index < -0.39 is 40.6 Å². The van der Waals surface area contributed by atoms with E-state index in [0.717, 1.165) is 35.7 Å². The number of rotatable bonds is 23. The summed E-state index contributed by atoms with van der Waals surface area (Å²) in [7, 11) is -2.74. The first-order valence-corrected chi connectivity index (χ1v) is 32.7. The molecule has 4 aliphatic heterocycles. The molecule has 6 heterocycles. The monoisotopic (exact) mass is 1080 g/mol. The number of hydrogen-bond acceptors (Lipinski definition) is 14. The first-order chi connectivity index (χ1) is 35.6. The molecule has 13 atom stereocenters. The van der Waals surface area contributed by atoms with Crippen molar-refractivity contribution >= 4 is 34.8 Å². The van der Waals surface area contributed by atoms with Crippen LogP contribution in [-0.2, 0) is 43.8 Å². The molecule has 17 heteroatoms. The molecule has 2 aromatic rings. The lowest BCUT2D eigenvalue weighted by atomic mass is 9.79. The molecule has 75 heavy (non-hydrogen) atoms. The van der Waals surface area contributed by atoms with E-state index in [1.165, 1.54) is 0 Å². The Morgan fingerprint density at radius 3 is 2.23 bits per heavy atom. The van der Waals surface area contributed by atoms with E-state index in [1.807, 2.05) is 39.0 Å². The van der Waals surface area contributed by atoms with Crippen molar-refractivity contribution in [1.29, 1.82) is 0 Å². The molecule has 0 amide bonds. The van der Waals surface area contributed by atoms with Crippen LogP contribution >= 0.6 is 0 Å². The van der Waals surface area contributed by atoms with Gasteiger partial charge >= 0.3 is 5.97 Å². The van der Waals surface area contributed by atoms with Gasteiger partial charge < -0.3 is 56.7 Å². The van der Waals surface area contributed by atoms with Gasteiger partial charge in [0.05, 0.1) is 68.0 Å². The highest BCUT2D eigenvalue weighted by atomic mass is 28.4. The van der Waals surface area contributed by atoms with Crippen molar-refractivity contribution in [2.75, 3.05) is 13.7 Å². The molecule has 0 saturated carbocycles. The topological polar surface area (TPSA) is 194 Å². The molecule has 15 nitrogen and oxygen atoms in total. The Morgan fingerprint density at radius 2 is 1.59 bits per heavy atom. The number of aliphatic hydroxyl groups excluding tert-OH is 2. The molecule has 0 radical (unpaired) electrons. The van der Waals surface area contributed by atoms with Gasteiger partial charge in [0.25, 0.3) is 0 Å². The van der Waals surface area contributed by atoms with E-state index >= 15 is 0 Å². The van der Waals surface area contributed by atoms with E-state index in [-0.39, 0.29) is 73.7 Å². The smallest absolute Gasteiger partial charge is 0.381 e. The van der Waals surface area contributed by atoms with Crippen molar-refractivity contribution < 1.29 is 61.5 Å². The molecule has 420 valence electrons. The molecule has 0 unspecified atom stereocenters. The molecule has 4 aliphatic rings. The Hall–Kier alpha value is -3.26. The second kappa shape index (κ2) is 27.1. The summed E-state index contributed by atoms with van der Waals surface area (Å²) in [6.45, 7) is 30.6. The molecule has 6 rings (SSSR count). The van der Waals surface area contributed by atoms with E-state index in [9.17, 15) is 15.0 Å². The number of nitrogens with zero attached hydrogens (tertiary/aromatic N) is 2. The lowest BCUT2D eigenvalue weighted by Crippen LogP contribution is -2.56. The number of methoxy groups -OCH3 is 1. The number of aliphatic carboxylic acids is 1. The van der Waals surface area contributed by atoms with Crippen molar-refractivity contribution in [2.24, 2.45) is 11.8 Å². The normalized spacial score (nSPS) is 31.4. The minimum atomic E-state index is -2.25. The van der Waals surface area contributed by atoms with Crippen molar-refractivity contribution in [3.63, 3.8) is 0 Å². The van der Waals surface area contributed by atoms with Crippen LogP contribution in [0.15, 0.2) is 45.2 Å². The Balaban J connectivity index is 1.15. The SMILES string of the molecule is C=C1C[C@H](C[C@@H]2C[C@H](O[Si](C(C)C)(C(C)C)C(C)C)C[C@H](c3coc(/C=C/C[C@H]4O[C@@H](/C(C)=C/c5coc(C[C@]6(O[Si](CC)(CC)CC)C[C@H](OC)C[C@H](CO)O6)n5)[C@H](C)[C@@H](O)[C@H]4C)n3)O2)O[C@@H](CC#CC(=O)O)C1. The maximum atomic E-state index is 11.6. The first kappa shape index (κ1) is 61.0. The van der Waals surface area contributed by atoms with Crippen molar-refractivity contribution in [3.8, 4) is 11.8 Å². The summed E-state index contributed by atoms with van der Waals surface area (Å²) < 4.78 is 59.4. The average molecular weight is 1080 g/mol. The van der Waals surface area contributed by atoms with Gasteiger partial charge in [0.1, 0.15) is 30.0 Å². The number of aromatic nitrogens is 2. The number of hydrogen-bond donors (Lipinski definition) is 3. The number of carboxylic acids is 1. The third-order valence-electron chi connectivity index (χ3n) is 17.0. The maximum Gasteiger partial charge on any atom is 0.381 e. The Morgan fingerprint density at radius 1 is 0.907 bits per heavy atom. The van der Waals surface area contributed by atoms with Crippen LogP contribution in [0.1, 0.15) is 170 Å². The third-order valence-corrected chi connectivity index (χ3v) is 27.8. The van der Waals surface area contributed by atoms with Gasteiger partial charge in [0, 0.05) is 57.0 Å². The average Bonchev–Trinajstić information content (AvgIpc) is 4.03. The summed E-state index contributed by atoms with van der Waals surface area (Å²) in [4.78, 5) is 20.9. The van der Waals surface area contributed by atoms with Gasteiger partial charge in [-0.05, 0) is 85.1 Å². The van der Waals surface area contributed by atoms with Crippen molar-refractivity contribution in [1.82, 2.24) is 9.97 Å². The zero-order chi connectivity index (χ0) is 54.8. The summed E-state index contributed by atoms with van der Waals surface area (Å²) in [6.07, 6.45) is 11.9. The highest BCUT2D eigenvalue weighted by molar-refractivity contribution is 6.77. The summed E-state index contributed by atoms with van der Waals surface area (Å²) in [5, 5.41) is 30.9. The largest absolute Gasteiger partial charge is 0.472 e. The van der Waals surface area contributed by atoms with Gasteiger partial charge in [-0.15, -0.1) is 0 Å². The lowest BCUT2D eigenvalue weighted by Gasteiger charge is -2.47. The van der Waals surface area contributed by atoms with E-state index in [0.29, 0.717) is 91.2 Å². The second-order valence-electron chi connectivity index (χ2n) is 23.1. The van der Waals surface area contributed by atoms with Crippen LogP contribution in [0.2, 0.25) is 34.8 Å². The van der Waals surface area contributed by atoms with Crippen LogP contribution in [0.4, 0.5) is 0 Å². The summed E-state index contributed by atoms with van der Waals surface area (Å²) >= 11 is 0. The zero-order valence-corrected chi connectivity index (χ0v) is 49.5. The Labute approximate surface area is 450 Å². The zero-order valence-electron chi connectivity index (χ0n) is 47.5. The maximum absolute atomic E-state index is 11.6. The molecular weight excluding hydrogens is 989 g/mol. The lowest BCUT2D eigenvalue weighted by molar-refractivity contribution is -0.270. The fourth-order valence-electron chi connectivity index (χ4n) is 12.9. The molecular formula is C58H92N2O13Si2. The van der Waals surface area contributed by atoms with Crippen molar-refractivity contribution in [3.05, 3.63) is 59.5 Å². The highest BCUT2D eigenvalue weighted by Crippen LogP contribution is 2.47. The van der Waals surface area contributed by atoms with Gasteiger partial charge in [-0.1, -0.05) is 100 Å². The van der Waals surface area contributed by atoms with Crippen LogP contribution in [-0.4, -0.2) is 122 Å². The minimum Gasteiger partial charge on any atom is -0.472 e. The minimum absolute atomic E-state index is 0.0514. The molecule has 0 bridgehead atoms. The second-order valence-corrected chi connectivity index (χ2v) is 33.2. The standard InChI is InChI=1S/C58H92N2O13Si2/c1-15-74(16-2,17-3)73-58(31-48(65-14)29-49(33-61)71-58)32-54-59-43(34-66-54)26-40(11)57-42(13)56(64)41(12)51(70-57)21-19-22-53-60-50(35-67-53)52-30-47(72-75(36(4)5,37(6)7)38(8)9)28-46(69-52)27-45-25-39(10)24-44(68-45)20-18-23-55(62)63/h19,22,26,34-38,41-42,44-49,51-52,56-57,61,64H,10,15-17,20-21,24-25,27-33H2,1-9,11-14H3,(H,62,63)/b22-19+,40-26+/t41-,42+,44-,45+,46+,47-,48+,49+,51+,52+,56-,57-,58+/m0/s1. The quantitative estimate of drug-likeness (QED) is 0.0540. The van der Waals surface area contributed by atoms with Gasteiger partial charge in [0.15, 0.2) is 20.0 Å². The van der Waals surface area contributed by atoms with Crippen LogP contribution in [0, 0.1) is 23.7 Å². The molecule has 0 spiro atoms. The number of ether oxygens (including phenoxy) is 5. The predicted molar refractivity (Wildman–Crippen MR) is 294 cm³/mol. The fraction of sp³-hybridized carbons (Fsp3) is 0.741. The molecule has 2 aromatic heterocycles. The van der Waals surface area contributed by atoms with E-state index in [2.05, 4.69) is 80.7 Å². The van der Waals surface area contributed by atoms with Gasteiger partial charge in [-0.25, -0.2) is 14.8 Å². The molecule has 4 saturated heterocycles. The number of oxazole rings is 2. The molecule has 0 aliphatic carbocycles. The van der Waals surface area contributed by atoms with Crippen LogP contribution in [0.3, 0.4) is 0 Å². The number of carboxylic acid groups (broad SMARTS) is 1. The summed E-state index contributed by atoms with van der Waals surface area (Å²) in [5.41, 5.74) is 4.57. The highest BCUT2D eigenvalue weighted by Gasteiger charge is 2.50. The fourth-order valence-corrected chi connectivity index (χ4v) is 21.5. The van der Waals surface area contributed by atoms with E-state index in [4.69, 9.17) is 56.4 Å². The van der Waals surface area contributed by atoms with Crippen LogP contribution in [0.25, 0.3) is 12.2 Å². The summed E-state index contributed by atoms with van der Waals surface area (Å²) in [5.74, 6) is 3.40. The summed E-state index contributed by atoms with van der Waals surface area (Å²) in [6, 6.07) is 2.81. The van der Waals surface area contributed by atoms with E-state index in [1.54, 1.807) is 19.6 Å². The van der Waals surface area contributed by atoms with Gasteiger partial charge in [-0.3, -0.25) is 0 Å². The predicted octanol–water partition coefficient (Wildman–Crippen LogP) is 11.8. The first-order valence-electron chi connectivity index (χ1n) is 28.1. The molecule has 4 fully saturated rings. The molecule has 0 aromatic carbocycles. The van der Waals surface area contributed by atoms with Crippen LogP contribution < -0.4 is 0 Å². The van der Waals surface area contributed by atoms with Gasteiger partial charge in [0.2, 0.25) is 14.2 Å². The number of carbonyl (C=O) groups is 1. The molecule has 3 N–H and O–H groups in total. The van der Waals surface area contributed by atoms with Gasteiger partial charge in [-0.2, -0.15) is 0 Å². The third kappa shape index (κ3) is 15.3. The number of aliphatic hydroxyl groups is 2. The van der Waals surface area contributed by atoms with Crippen molar-refractivity contribution in [2.45, 2.75) is 249 Å². The van der Waals surface area contributed by atoms with Crippen LogP contribution in [0.5, 0.6) is 0 Å². The Kier molecular flexibility index (Phi) is 22.0. The Bertz CT molecular complexity index is 2230.